The Morgan fingerprint density at radius 2 is 1.76 bits per heavy atom. The Morgan fingerprint density at radius 1 is 1.08 bits per heavy atom. The topological polar surface area (TPSA) is 41.0 Å². The van der Waals surface area contributed by atoms with E-state index in [1.165, 1.54) is 11.3 Å². The number of rotatable bonds is 4. The second kappa shape index (κ2) is 7.52. The minimum absolute atomic E-state index is 0.214. The van der Waals surface area contributed by atoms with Crippen molar-refractivity contribution in [2.75, 3.05) is 18.0 Å². The molecule has 4 nitrogen and oxygen atoms in total. The molecule has 1 atom stereocenters. The molecule has 0 bridgehead atoms. The zero-order chi connectivity index (χ0) is 17.9. The molecule has 25 heavy (non-hydrogen) atoms. The zero-order valence-electron chi connectivity index (χ0n) is 15.9. The van der Waals surface area contributed by atoms with E-state index in [9.17, 15) is 0 Å². The number of nitrogens with zero attached hydrogens (tertiary/aromatic N) is 3. The Kier molecular flexibility index (Phi) is 5.38. The molecule has 0 saturated carbocycles. The number of aromatic nitrogens is 2. The highest BCUT2D eigenvalue weighted by atomic mass is 15.1. The van der Waals surface area contributed by atoms with E-state index < -0.39 is 0 Å². The van der Waals surface area contributed by atoms with E-state index in [0.717, 1.165) is 31.6 Å². The first kappa shape index (κ1) is 17.9. The molecule has 0 unspecified atom stereocenters. The van der Waals surface area contributed by atoms with Crippen LogP contribution in [-0.4, -0.2) is 29.1 Å². The van der Waals surface area contributed by atoms with Gasteiger partial charge in [0.2, 0.25) is 0 Å². The van der Waals surface area contributed by atoms with Gasteiger partial charge in [-0.3, -0.25) is 9.97 Å². The van der Waals surface area contributed by atoms with Gasteiger partial charge in [0, 0.05) is 49.5 Å². The molecule has 2 aromatic rings. The second-order valence-corrected chi connectivity index (χ2v) is 8.08. The summed E-state index contributed by atoms with van der Waals surface area (Å²) >= 11 is 0. The summed E-state index contributed by atoms with van der Waals surface area (Å²) in [5.74, 6) is 0. The van der Waals surface area contributed by atoms with E-state index in [1.807, 2.05) is 6.20 Å². The van der Waals surface area contributed by atoms with Crippen LogP contribution in [0.1, 0.15) is 57.8 Å². The fourth-order valence-corrected chi connectivity index (χ4v) is 3.45. The summed E-state index contributed by atoms with van der Waals surface area (Å²) in [6.45, 7) is 11.1. The lowest BCUT2D eigenvalue weighted by atomic mass is 9.87. The van der Waals surface area contributed by atoms with Crippen LogP contribution in [0.5, 0.6) is 0 Å². The molecule has 1 fully saturated rings. The largest absolute Gasteiger partial charge is 0.371 e. The molecule has 1 aromatic heterocycles. The van der Waals surface area contributed by atoms with Crippen LogP contribution < -0.4 is 10.2 Å². The van der Waals surface area contributed by atoms with E-state index in [0.29, 0.717) is 6.04 Å². The minimum atomic E-state index is 0.214. The third kappa shape index (κ3) is 4.57. The molecular formula is C21H30N4. The number of anilines is 1. The van der Waals surface area contributed by atoms with Gasteiger partial charge in [-0.15, -0.1) is 0 Å². The van der Waals surface area contributed by atoms with E-state index in [4.69, 9.17) is 0 Å². The first-order valence-corrected chi connectivity index (χ1v) is 9.31. The number of piperidine rings is 1. The van der Waals surface area contributed by atoms with Crippen molar-refractivity contribution in [1.29, 1.82) is 0 Å². The second-order valence-electron chi connectivity index (χ2n) is 8.08. The average Bonchev–Trinajstić information content (AvgIpc) is 2.62. The quantitative estimate of drug-likeness (QED) is 0.911. The lowest BCUT2D eigenvalue weighted by Crippen LogP contribution is -2.43. The first-order valence-electron chi connectivity index (χ1n) is 9.31. The third-order valence-electron chi connectivity index (χ3n) is 5.11. The fourth-order valence-electron chi connectivity index (χ4n) is 3.45. The van der Waals surface area contributed by atoms with Gasteiger partial charge < -0.3 is 10.2 Å². The molecule has 0 radical (unpaired) electrons. The number of benzene rings is 1. The van der Waals surface area contributed by atoms with Gasteiger partial charge in [0.05, 0.1) is 5.69 Å². The van der Waals surface area contributed by atoms with E-state index in [1.54, 1.807) is 12.4 Å². The van der Waals surface area contributed by atoms with Crippen molar-refractivity contribution in [2.45, 2.75) is 58.0 Å². The van der Waals surface area contributed by atoms with Crippen LogP contribution in [-0.2, 0) is 5.41 Å². The Balaban J connectivity index is 1.53. The summed E-state index contributed by atoms with van der Waals surface area (Å²) in [7, 11) is 0. The standard InChI is InChI=1S/C21H30N4/c1-16(20-15-22-11-12-23-20)24-18-9-13-25(14-10-18)19-7-5-17(6-8-19)21(2,3)4/h5-8,11-12,15-16,18,24H,9-10,13-14H2,1-4H3/t16-/m0/s1. The summed E-state index contributed by atoms with van der Waals surface area (Å²) in [6, 6.07) is 9.89. The molecule has 1 aliphatic rings. The average molecular weight is 338 g/mol. The Morgan fingerprint density at radius 3 is 2.32 bits per heavy atom. The van der Waals surface area contributed by atoms with E-state index in [2.05, 4.69) is 72.1 Å². The normalized spacial score (nSPS) is 17.5. The van der Waals surface area contributed by atoms with Gasteiger partial charge >= 0.3 is 0 Å². The lowest BCUT2D eigenvalue weighted by Gasteiger charge is -2.35. The summed E-state index contributed by atoms with van der Waals surface area (Å²) < 4.78 is 0. The van der Waals surface area contributed by atoms with Crippen LogP contribution in [0, 0.1) is 0 Å². The zero-order valence-corrected chi connectivity index (χ0v) is 15.9. The molecule has 3 rings (SSSR count). The number of hydrogen-bond acceptors (Lipinski definition) is 4. The van der Waals surface area contributed by atoms with Crippen molar-refractivity contribution < 1.29 is 0 Å². The van der Waals surface area contributed by atoms with E-state index in [-0.39, 0.29) is 11.5 Å². The van der Waals surface area contributed by atoms with Crippen LogP contribution in [0.15, 0.2) is 42.9 Å². The van der Waals surface area contributed by atoms with Gasteiger partial charge in [-0.1, -0.05) is 32.9 Å². The maximum Gasteiger partial charge on any atom is 0.0753 e. The maximum atomic E-state index is 4.40. The van der Waals surface area contributed by atoms with Gasteiger partial charge in [0.15, 0.2) is 0 Å². The molecule has 1 saturated heterocycles. The predicted molar refractivity (Wildman–Crippen MR) is 104 cm³/mol. The van der Waals surface area contributed by atoms with Gasteiger partial charge in [-0.2, -0.15) is 0 Å². The third-order valence-corrected chi connectivity index (χ3v) is 5.11. The molecule has 134 valence electrons. The highest BCUT2D eigenvalue weighted by Crippen LogP contribution is 2.26. The van der Waals surface area contributed by atoms with Crippen LogP contribution >= 0.6 is 0 Å². The molecule has 1 N–H and O–H groups in total. The van der Waals surface area contributed by atoms with Crippen LogP contribution in [0.2, 0.25) is 0 Å². The Bertz CT molecular complexity index is 653. The van der Waals surface area contributed by atoms with Crippen molar-refractivity contribution in [2.24, 2.45) is 0 Å². The first-order chi connectivity index (χ1) is 11.9. The molecule has 1 aromatic carbocycles. The minimum Gasteiger partial charge on any atom is -0.371 e. The monoisotopic (exact) mass is 338 g/mol. The summed E-state index contributed by atoms with van der Waals surface area (Å²) in [4.78, 5) is 11.1. The van der Waals surface area contributed by atoms with Gasteiger partial charge in [0.1, 0.15) is 0 Å². The van der Waals surface area contributed by atoms with Crippen molar-refractivity contribution in [3.63, 3.8) is 0 Å². The Hall–Kier alpha value is -1.94. The summed E-state index contributed by atoms with van der Waals surface area (Å²) in [5.41, 5.74) is 3.97. The summed E-state index contributed by atoms with van der Waals surface area (Å²) in [6.07, 6.45) is 7.65. The maximum absolute atomic E-state index is 4.40. The van der Waals surface area contributed by atoms with Crippen LogP contribution in [0.4, 0.5) is 5.69 Å². The van der Waals surface area contributed by atoms with Crippen LogP contribution in [0.3, 0.4) is 0 Å². The molecule has 0 spiro atoms. The van der Waals surface area contributed by atoms with Gasteiger partial charge in [0.25, 0.3) is 0 Å². The summed E-state index contributed by atoms with van der Waals surface area (Å²) in [5, 5.41) is 3.71. The van der Waals surface area contributed by atoms with E-state index >= 15 is 0 Å². The smallest absolute Gasteiger partial charge is 0.0753 e. The highest BCUT2D eigenvalue weighted by molar-refractivity contribution is 5.49. The number of nitrogens with one attached hydrogen (secondary N) is 1. The molecule has 1 aliphatic heterocycles. The van der Waals surface area contributed by atoms with Crippen molar-refractivity contribution in [1.82, 2.24) is 15.3 Å². The molecule has 4 heteroatoms. The fraction of sp³-hybridized carbons (Fsp3) is 0.524. The van der Waals surface area contributed by atoms with Crippen molar-refractivity contribution >= 4 is 5.69 Å². The Labute approximate surface area is 151 Å². The van der Waals surface area contributed by atoms with Crippen molar-refractivity contribution in [3.05, 3.63) is 54.1 Å². The highest BCUT2D eigenvalue weighted by Gasteiger charge is 2.22. The van der Waals surface area contributed by atoms with Gasteiger partial charge in [-0.25, -0.2) is 0 Å². The lowest BCUT2D eigenvalue weighted by molar-refractivity contribution is 0.377. The predicted octanol–water partition coefficient (Wildman–Crippen LogP) is 4.09. The number of hydrogen-bond donors (Lipinski definition) is 1. The van der Waals surface area contributed by atoms with Crippen molar-refractivity contribution in [3.8, 4) is 0 Å². The molecule has 2 heterocycles. The molecule has 0 aliphatic carbocycles. The van der Waals surface area contributed by atoms with Gasteiger partial charge in [-0.05, 0) is 42.9 Å². The molecule has 0 amide bonds. The van der Waals surface area contributed by atoms with Crippen LogP contribution in [0.25, 0.3) is 0 Å². The molecular weight excluding hydrogens is 308 g/mol. The SMILES string of the molecule is C[C@H](NC1CCN(c2ccc(C(C)(C)C)cc2)CC1)c1cnccn1.